The number of benzene rings is 1. The van der Waals surface area contributed by atoms with Gasteiger partial charge >= 0.3 is 6.09 Å². The van der Waals surface area contributed by atoms with Crippen LogP contribution in [-0.4, -0.2) is 73.6 Å². The topological polar surface area (TPSA) is 91.0 Å². The molecule has 172 valence electrons. The highest BCUT2D eigenvalue weighted by molar-refractivity contribution is 5.96. The number of rotatable bonds is 7. The van der Waals surface area contributed by atoms with Gasteiger partial charge in [0.05, 0.1) is 19.7 Å². The molecular weight excluding hydrogens is 396 g/mol. The Hall–Kier alpha value is -2.61. The molecule has 1 aromatic rings. The summed E-state index contributed by atoms with van der Waals surface area (Å²) in [6, 6.07) is 4.03. The second-order valence-corrected chi connectivity index (χ2v) is 8.69. The fourth-order valence-electron chi connectivity index (χ4n) is 3.64. The van der Waals surface area contributed by atoms with Crippen LogP contribution in [0.2, 0.25) is 0 Å². The number of hydrogen-bond donors (Lipinski definition) is 2. The second-order valence-electron chi connectivity index (χ2n) is 8.69. The van der Waals surface area contributed by atoms with Gasteiger partial charge < -0.3 is 20.3 Å². The normalized spacial score (nSPS) is 14.8. The molecule has 8 nitrogen and oxygen atoms in total. The number of amides is 3. The van der Waals surface area contributed by atoms with E-state index in [1.807, 2.05) is 51.7 Å². The van der Waals surface area contributed by atoms with Crippen LogP contribution in [0.3, 0.4) is 0 Å². The van der Waals surface area contributed by atoms with Gasteiger partial charge in [-0.3, -0.25) is 14.5 Å². The SMILES string of the molecule is Cc1cc(C)c(NC(=O)CNC(=O)CN2CCCN(C(=O)OCC(C)C)CC2)c(C)c1. The van der Waals surface area contributed by atoms with Crippen molar-refractivity contribution in [2.45, 2.75) is 41.0 Å². The van der Waals surface area contributed by atoms with Crippen LogP contribution in [-0.2, 0) is 14.3 Å². The lowest BCUT2D eigenvalue weighted by atomic mass is 10.1. The molecule has 8 heteroatoms. The first-order chi connectivity index (χ1) is 14.7. The zero-order chi connectivity index (χ0) is 23.0. The summed E-state index contributed by atoms with van der Waals surface area (Å²) >= 11 is 0. The zero-order valence-corrected chi connectivity index (χ0v) is 19.4. The lowest BCUT2D eigenvalue weighted by Gasteiger charge is -2.21. The Kier molecular flexibility index (Phi) is 9.30. The first kappa shape index (κ1) is 24.7. The Morgan fingerprint density at radius 2 is 1.68 bits per heavy atom. The van der Waals surface area contributed by atoms with Gasteiger partial charge in [-0.05, 0) is 44.2 Å². The molecule has 1 aliphatic rings. The Balaban J connectivity index is 1.75. The Labute approximate surface area is 185 Å². The molecule has 2 N–H and O–H groups in total. The molecule has 0 aliphatic carbocycles. The molecule has 0 aromatic heterocycles. The van der Waals surface area contributed by atoms with E-state index in [1.54, 1.807) is 4.90 Å². The van der Waals surface area contributed by atoms with Gasteiger partial charge in [-0.25, -0.2) is 4.79 Å². The molecule has 3 amide bonds. The van der Waals surface area contributed by atoms with Crippen molar-refractivity contribution in [2.75, 3.05) is 51.2 Å². The van der Waals surface area contributed by atoms with Crippen LogP contribution >= 0.6 is 0 Å². The van der Waals surface area contributed by atoms with Crippen LogP contribution in [0.5, 0.6) is 0 Å². The van der Waals surface area contributed by atoms with Gasteiger partial charge in [0.2, 0.25) is 11.8 Å². The minimum absolute atomic E-state index is 0.0763. The molecule has 1 heterocycles. The molecule has 0 atom stereocenters. The monoisotopic (exact) mass is 432 g/mol. The lowest BCUT2D eigenvalue weighted by Crippen LogP contribution is -2.42. The van der Waals surface area contributed by atoms with Crippen LogP contribution < -0.4 is 10.6 Å². The molecule has 1 fully saturated rings. The minimum Gasteiger partial charge on any atom is -0.449 e. The van der Waals surface area contributed by atoms with Crippen molar-refractivity contribution >= 4 is 23.6 Å². The van der Waals surface area contributed by atoms with Crippen molar-refractivity contribution < 1.29 is 19.1 Å². The number of aryl methyl sites for hydroxylation is 3. The van der Waals surface area contributed by atoms with Crippen molar-refractivity contribution in [1.29, 1.82) is 0 Å². The van der Waals surface area contributed by atoms with E-state index in [0.29, 0.717) is 32.2 Å². The molecule has 1 saturated heterocycles. The van der Waals surface area contributed by atoms with Crippen LogP contribution in [0.25, 0.3) is 0 Å². The van der Waals surface area contributed by atoms with Gasteiger partial charge in [0.25, 0.3) is 0 Å². The largest absolute Gasteiger partial charge is 0.449 e. The zero-order valence-electron chi connectivity index (χ0n) is 19.4. The number of ether oxygens (including phenoxy) is 1. The first-order valence-electron chi connectivity index (χ1n) is 10.9. The molecule has 0 radical (unpaired) electrons. The van der Waals surface area contributed by atoms with Crippen molar-refractivity contribution in [3.05, 3.63) is 28.8 Å². The highest BCUT2D eigenvalue weighted by Crippen LogP contribution is 2.21. The van der Waals surface area contributed by atoms with Gasteiger partial charge in [-0.1, -0.05) is 31.5 Å². The van der Waals surface area contributed by atoms with E-state index < -0.39 is 0 Å². The Morgan fingerprint density at radius 3 is 2.32 bits per heavy atom. The quantitative estimate of drug-likeness (QED) is 0.691. The standard InChI is InChI=1S/C23H36N4O4/c1-16(2)15-31-23(30)27-8-6-7-26(9-10-27)14-21(29)24-13-20(28)25-22-18(4)11-17(3)12-19(22)5/h11-12,16H,6-10,13-15H2,1-5H3,(H,24,29)(H,25,28). The fraction of sp³-hybridized carbons (Fsp3) is 0.609. The number of hydrogen-bond acceptors (Lipinski definition) is 5. The molecule has 2 rings (SSSR count). The molecular formula is C23H36N4O4. The van der Waals surface area contributed by atoms with E-state index in [-0.39, 0.29) is 31.0 Å². The van der Waals surface area contributed by atoms with Gasteiger partial charge in [0, 0.05) is 31.9 Å². The smallest absolute Gasteiger partial charge is 0.409 e. The maximum atomic E-state index is 12.3. The van der Waals surface area contributed by atoms with Crippen molar-refractivity contribution in [1.82, 2.24) is 15.1 Å². The summed E-state index contributed by atoms with van der Waals surface area (Å²) in [7, 11) is 0. The summed E-state index contributed by atoms with van der Waals surface area (Å²) in [4.78, 5) is 40.4. The minimum atomic E-state index is -0.293. The Bertz CT molecular complexity index is 771. The van der Waals surface area contributed by atoms with Crippen LogP contribution in [0.15, 0.2) is 12.1 Å². The number of carbonyl (C=O) groups excluding carboxylic acids is 3. The van der Waals surface area contributed by atoms with Crippen LogP contribution in [0, 0.1) is 26.7 Å². The molecule has 0 saturated carbocycles. The number of carbonyl (C=O) groups is 3. The summed E-state index contributed by atoms with van der Waals surface area (Å²) in [6.45, 7) is 12.9. The second kappa shape index (κ2) is 11.7. The highest BCUT2D eigenvalue weighted by Gasteiger charge is 2.21. The van der Waals surface area contributed by atoms with E-state index in [9.17, 15) is 14.4 Å². The van der Waals surface area contributed by atoms with Crippen LogP contribution in [0.1, 0.15) is 37.0 Å². The number of nitrogens with one attached hydrogen (secondary N) is 2. The van der Waals surface area contributed by atoms with E-state index in [1.165, 1.54) is 0 Å². The first-order valence-corrected chi connectivity index (χ1v) is 10.9. The van der Waals surface area contributed by atoms with Gasteiger partial charge in [0.15, 0.2) is 0 Å². The van der Waals surface area contributed by atoms with Gasteiger partial charge in [0.1, 0.15) is 0 Å². The van der Waals surface area contributed by atoms with Gasteiger partial charge in [-0.15, -0.1) is 0 Å². The third kappa shape index (κ3) is 8.20. The van der Waals surface area contributed by atoms with Crippen molar-refractivity contribution in [3.63, 3.8) is 0 Å². The average Bonchev–Trinajstić information content (AvgIpc) is 2.93. The number of anilines is 1. The third-order valence-electron chi connectivity index (χ3n) is 5.14. The van der Waals surface area contributed by atoms with Crippen LogP contribution in [0.4, 0.5) is 10.5 Å². The predicted molar refractivity (Wildman–Crippen MR) is 121 cm³/mol. The summed E-state index contributed by atoms with van der Waals surface area (Å²) in [5.41, 5.74) is 3.93. The average molecular weight is 433 g/mol. The molecule has 31 heavy (non-hydrogen) atoms. The summed E-state index contributed by atoms with van der Waals surface area (Å²) in [5.74, 6) is -0.158. The molecule has 1 aromatic carbocycles. The van der Waals surface area contributed by atoms with Crippen molar-refractivity contribution in [2.24, 2.45) is 5.92 Å². The van der Waals surface area contributed by atoms with Gasteiger partial charge in [-0.2, -0.15) is 0 Å². The molecule has 1 aliphatic heterocycles. The maximum Gasteiger partial charge on any atom is 0.409 e. The Morgan fingerprint density at radius 1 is 1.00 bits per heavy atom. The predicted octanol–water partition coefficient (Wildman–Crippen LogP) is 2.47. The summed E-state index contributed by atoms with van der Waals surface area (Å²) in [6.07, 6.45) is 0.481. The van der Waals surface area contributed by atoms with E-state index in [2.05, 4.69) is 10.6 Å². The number of nitrogens with zero attached hydrogens (tertiary/aromatic N) is 2. The highest BCUT2D eigenvalue weighted by atomic mass is 16.6. The van der Waals surface area contributed by atoms with E-state index >= 15 is 0 Å². The lowest BCUT2D eigenvalue weighted by molar-refractivity contribution is -0.125. The van der Waals surface area contributed by atoms with E-state index in [4.69, 9.17) is 4.74 Å². The van der Waals surface area contributed by atoms with Crippen molar-refractivity contribution in [3.8, 4) is 0 Å². The summed E-state index contributed by atoms with van der Waals surface area (Å²) in [5, 5.41) is 5.58. The molecule has 0 spiro atoms. The fourth-order valence-corrected chi connectivity index (χ4v) is 3.64. The maximum absolute atomic E-state index is 12.3. The summed E-state index contributed by atoms with van der Waals surface area (Å²) < 4.78 is 5.30. The van der Waals surface area contributed by atoms with E-state index in [0.717, 1.165) is 35.3 Å². The third-order valence-corrected chi connectivity index (χ3v) is 5.14. The molecule has 0 bridgehead atoms. The molecule has 0 unspecified atom stereocenters.